The molecule has 1 saturated carbocycles. The molecule has 2 aromatic rings. The highest BCUT2D eigenvalue weighted by molar-refractivity contribution is 5.76. The van der Waals surface area contributed by atoms with Crippen LogP contribution < -0.4 is 10.5 Å². The van der Waals surface area contributed by atoms with Crippen molar-refractivity contribution < 1.29 is 36.6 Å². The van der Waals surface area contributed by atoms with E-state index < -0.39 is 41.6 Å². The highest BCUT2D eigenvalue weighted by atomic mass is 19.4. The normalized spacial score (nSPS) is 27.1. The Bertz CT molecular complexity index is 1270. The van der Waals surface area contributed by atoms with E-state index in [1.807, 2.05) is 6.07 Å². The van der Waals surface area contributed by atoms with Gasteiger partial charge in [-0.05, 0) is 60.7 Å². The highest BCUT2D eigenvalue weighted by Crippen LogP contribution is 2.53. The van der Waals surface area contributed by atoms with Gasteiger partial charge in [-0.2, -0.15) is 18.4 Å². The highest BCUT2D eigenvalue weighted by Gasteiger charge is 2.56. The van der Waals surface area contributed by atoms with Gasteiger partial charge in [0.15, 0.2) is 0 Å². The zero-order valence-electron chi connectivity index (χ0n) is 18.1. The van der Waals surface area contributed by atoms with Crippen LogP contribution in [0.1, 0.15) is 30.4 Å². The van der Waals surface area contributed by atoms with Gasteiger partial charge in [0.2, 0.25) is 0 Å². The number of benzene rings is 2. The SMILES string of the molecule is N#Cc1cc(F)cc(-c2ccc3c(c2)C2(COC(N)=N2)[C@H]2C[C@@H](OC(=O)C(F)(F)F)CC[C@@H]2O3)c1. The minimum Gasteiger partial charge on any atom is -0.490 e. The Kier molecular flexibility index (Phi) is 5.34. The lowest BCUT2D eigenvalue weighted by Gasteiger charge is -2.47. The number of nitriles is 1. The smallest absolute Gasteiger partial charge is 0.490 e. The molecule has 2 N–H and O–H groups in total. The Labute approximate surface area is 197 Å². The van der Waals surface area contributed by atoms with Crippen molar-refractivity contribution in [2.75, 3.05) is 6.61 Å². The van der Waals surface area contributed by atoms with Crippen molar-refractivity contribution in [3.05, 3.63) is 53.3 Å². The molecule has 7 nitrogen and oxygen atoms in total. The third-order valence-corrected chi connectivity index (χ3v) is 6.69. The number of carbonyl (C=O) groups is 1. The standard InChI is InChI=1S/C24H19F4N3O4/c25-15-6-12(10-29)5-14(7-15)13-1-3-19-17(8-13)23(11-33-22(30)31-23)18-9-16(2-4-20(18)35-19)34-21(32)24(26,27)28/h1,3,5-8,16,18,20H,2,4,9,11H2,(H2,30,31)/t16-,18-,20-,23?/m0/s1. The minimum atomic E-state index is -5.09. The molecular weight excluding hydrogens is 470 g/mol. The van der Waals surface area contributed by atoms with E-state index >= 15 is 0 Å². The van der Waals surface area contributed by atoms with Gasteiger partial charge in [-0.3, -0.25) is 0 Å². The van der Waals surface area contributed by atoms with Crippen LogP contribution in [0.4, 0.5) is 17.6 Å². The monoisotopic (exact) mass is 489 g/mol. The van der Waals surface area contributed by atoms with Gasteiger partial charge in [0.1, 0.15) is 35.9 Å². The number of rotatable bonds is 2. The van der Waals surface area contributed by atoms with Crippen molar-refractivity contribution >= 4 is 12.0 Å². The lowest BCUT2D eigenvalue weighted by atomic mass is 9.67. The van der Waals surface area contributed by atoms with Crippen LogP contribution in [-0.4, -0.2) is 37.0 Å². The zero-order valence-corrected chi connectivity index (χ0v) is 18.1. The van der Waals surface area contributed by atoms with Crippen molar-refractivity contribution in [1.29, 1.82) is 5.26 Å². The fourth-order valence-corrected chi connectivity index (χ4v) is 5.18. The summed E-state index contributed by atoms with van der Waals surface area (Å²) in [5, 5.41) is 9.20. The number of amidine groups is 1. The van der Waals surface area contributed by atoms with Gasteiger partial charge in [-0.25, -0.2) is 14.2 Å². The first kappa shape index (κ1) is 23.0. The molecule has 0 amide bonds. The molecule has 2 heterocycles. The summed E-state index contributed by atoms with van der Waals surface area (Å²) in [6, 6.07) is 11.0. The molecule has 5 rings (SSSR count). The minimum absolute atomic E-state index is 0.0202. The number of hydrogen-bond acceptors (Lipinski definition) is 7. The largest absolute Gasteiger partial charge is 0.490 e. The number of alkyl halides is 3. The molecule has 1 unspecified atom stereocenters. The van der Waals surface area contributed by atoms with E-state index in [0.29, 0.717) is 28.9 Å². The average Bonchev–Trinajstić information content (AvgIpc) is 3.20. The number of aliphatic imine (C=N–C) groups is 1. The summed E-state index contributed by atoms with van der Waals surface area (Å²) in [5.74, 6) is -2.80. The van der Waals surface area contributed by atoms with E-state index in [0.717, 1.165) is 6.07 Å². The van der Waals surface area contributed by atoms with Crippen molar-refractivity contribution in [2.45, 2.75) is 43.2 Å². The number of hydrogen-bond donors (Lipinski definition) is 1. The van der Waals surface area contributed by atoms with Crippen LogP contribution in [0.3, 0.4) is 0 Å². The van der Waals surface area contributed by atoms with Gasteiger partial charge < -0.3 is 19.9 Å². The van der Waals surface area contributed by atoms with Crippen molar-refractivity contribution in [3.8, 4) is 22.9 Å². The van der Waals surface area contributed by atoms with E-state index in [1.54, 1.807) is 24.3 Å². The summed E-state index contributed by atoms with van der Waals surface area (Å²) in [6.07, 6.45) is -5.87. The second kappa shape index (κ2) is 8.15. The van der Waals surface area contributed by atoms with Crippen LogP contribution in [0.25, 0.3) is 11.1 Å². The van der Waals surface area contributed by atoms with Crippen LogP contribution in [0.15, 0.2) is 41.4 Å². The molecule has 0 aromatic heterocycles. The first-order valence-corrected chi connectivity index (χ1v) is 10.9. The third-order valence-electron chi connectivity index (χ3n) is 6.69. The fraction of sp³-hybridized carbons (Fsp3) is 0.375. The van der Waals surface area contributed by atoms with E-state index in [1.165, 1.54) is 6.07 Å². The molecule has 2 aromatic carbocycles. The second-order valence-electron chi connectivity index (χ2n) is 8.82. The predicted molar refractivity (Wildman–Crippen MR) is 113 cm³/mol. The van der Waals surface area contributed by atoms with E-state index in [4.69, 9.17) is 19.9 Å². The summed E-state index contributed by atoms with van der Waals surface area (Å²) >= 11 is 0. The number of fused-ring (bicyclic) bond motifs is 4. The Balaban J connectivity index is 1.55. The van der Waals surface area contributed by atoms with Crippen LogP contribution in [0, 0.1) is 23.1 Å². The van der Waals surface area contributed by atoms with Crippen molar-refractivity contribution in [2.24, 2.45) is 16.6 Å². The Hall–Kier alpha value is -3.81. The number of ether oxygens (including phenoxy) is 3. The number of nitrogens with zero attached hydrogens (tertiary/aromatic N) is 2. The van der Waals surface area contributed by atoms with Crippen molar-refractivity contribution in [3.63, 3.8) is 0 Å². The topological polar surface area (TPSA) is 107 Å². The number of nitrogens with two attached hydrogens (primary N) is 1. The zero-order chi connectivity index (χ0) is 25.0. The van der Waals surface area contributed by atoms with Gasteiger partial charge >= 0.3 is 12.1 Å². The Morgan fingerprint density at radius 3 is 2.69 bits per heavy atom. The summed E-state index contributed by atoms with van der Waals surface area (Å²) in [6.45, 7) is 0.0202. The molecule has 1 spiro atoms. The number of halogens is 4. The third kappa shape index (κ3) is 4.03. The molecular formula is C24H19F4N3O4. The molecule has 0 bridgehead atoms. The van der Waals surface area contributed by atoms with E-state index in [-0.39, 0.29) is 31.0 Å². The Morgan fingerprint density at radius 1 is 1.20 bits per heavy atom. The summed E-state index contributed by atoms with van der Waals surface area (Å²) in [7, 11) is 0. The first-order valence-electron chi connectivity index (χ1n) is 10.9. The van der Waals surface area contributed by atoms with Gasteiger partial charge in [0, 0.05) is 11.5 Å². The summed E-state index contributed by atoms with van der Waals surface area (Å²) < 4.78 is 68.8. The average molecular weight is 489 g/mol. The maximum atomic E-state index is 14.1. The van der Waals surface area contributed by atoms with Crippen LogP contribution in [0.5, 0.6) is 5.75 Å². The van der Waals surface area contributed by atoms with E-state index in [2.05, 4.69) is 4.99 Å². The molecule has 3 aliphatic rings. The molecule has 1 aliphatic carbocycles. The fourth-order valence-electron chi connectivity index (χ4n) is 5.18. The van der Waals surface area contributed by atoms with Gasteiger partial charge in [0.25, 0.3) is 6.02 Å². The quantitative estimate of drug-likeness (QED) is 0.506. The lowest BCUT2D eigenvalue weighted by molar-refractivity contribution is -0.208. The maximum Gasteiger partial charge on any atom is 0.490 e. The first-order chi connectivity index (χ1) is 16.6. The van der Waals surface area contributed by atoms with Crippen LogP contribution in [-0.2, 0) is 19.8 Å². The lowest BCUT2D eigenvalue weighted by Crippen LogP contribution is -2.52. The van der Waals surface area contributed by atoms with E-state index in [9.17, 15) is 27.6 Å². The van der Waals surface area contributed by atoms with Crippen LogP contribution >= 0.6 is 0 Å². The predicted octanol–water partition coefficient (Wildman–Crippen LogP) is 3.94. The molecule has 2 aliphatic heterocycles. The number of esters is 1. The molecule has 0 saturated heterocycles. The van der Waals surface area contributed by atoms with Crippen LogP contribution in [0.2, 0.25) is 0 Å². The summed E-state index contributed by atoms with van der Waals surface area (Å²) in [5.41, 5.74) is 6.53. The Morgan fingerprint density at radius 2 is 2.00 bits per heavy atom. The van der Waals surface area contributed by atoms with Gasteiger partial charge in [-0.15, -0.1) is 0 Å². The molecule has 1 fully saturated rings. The van der Waals surface area contributed by atoms with Gasteiger partial charge in [-0.1, -0.05) is 6.07 Å². The molecule has 0 radical (unpaired) electrons. The molecule has 182 valence electrons. The number of carbonyl (C=O) groups excluding carboxylic acids is 1. The molecule has 11 heteroatoms. The maximum absolute atomic E-state index is 14.1. The molecule has 4 atom stereocenters. The molecule has 35 heavy (non-hydrogen) atoms. The summed E-state index contributed by atoms with van der Waals surface area (Å²) in [4.78, 5) is 16.0. The van der Waals surface area contributed by atoms with Gasteiger partial charge in [0.05, 0.1) is 11.6 Å². The van der Waals surface area contributed by atoms with Crippen molar-refractivity contribution in [1.82, 2.24) is 0 Å². The second-order valence-corrected chi connectivity index (χ2v) is 8.82.